The summed E-state index contributed by atoms with van der Waals surface area (Å²) in [6.45, 7) is 0. The van der Waals surface area contributed by atoms with Gasteiger partial charge in [-0.05, 0) is 60.7 Å². The van der Waals surface area contributed by atoms with Gasteiger partial charge in [-0.2, -0.15) is 0 Å². The molecule has 0 spiro atoms. The number of benzene rings is 4. The van der Waals surface area contributed by atoms with Gasteiger partial charge in [0.15, 0.2) is 0 Å². The molecule has 0 N–H and O–H groups in total. The smallest absolute Gasteiger partial charge is 0.145 e. The fourth-order valence-electron chi connectivity index (χ4n) is 5.40. The average molecular weight is 504 g/mol. The minimum Gasteiger partial charge on any atom is -0.457 e. The lowest BCUT2D eigenvalue weighted by molar-refractivity contribution is 0.482. The van der Waals surface area contributed by atoms with Crippen LogP contribution in [-0.2, 0) is 0 Å². The van der Waals surface area contributed by atoms with Crippen molar-refractivity contribution >= 4 is 43.9 Å². The minimum atomic E-state index is 0.737. The summed E-state index contributed by atoms with van der Waals surface area (Å²) in [4.78, 5) is 9.24. The summed E-state index contributed by atoms with van der Waals surface area (Å²) >= 11 is 0. The molecule has 0 bridgehead atoms. The molecule has 0 aliphatic rings. The monoisotopic (exact) mass is 503 g/mol. The number of pyridine rings is 2. The minimum absolute atomic E-state index is 0.737. The van der Waals surface area contributed by atoms with E-state index < -0.39 is 0 Å². The molecule has 5 nitrogen and oxygen atoms in total. The fourth-order valence-corrected chi connectivity index (χ4v) is 5.40. The maximum Gasteiger partial charge on any atom is 0.145 e. The SMILES string of the molecule is c1ccc(-c2cccc(Oc3cccc(-n4c5cc6oc7ccccc7c6cc5c5cccnc54)c3)c2)nc1. The molecular formula is C34H21N3O2. The van der Waals surface area contributed by atoms with Crippen LogP contribution < -0.4 is 4.74 Å². The zero-order chi connectivity index (χ0) is 25.8. The molecule has 0 saturated carbocycles. The maximum atomic E-state index is 6.33. The van der Waals surface area contributed by atoms with Gasteiger partial charge in [0.05, 0.1) is 16.9 Å². The van der Waals surface area contributed by atoms with Crippen molar-refractivity contribution in [1.82, 2.24) is 14.5 Å². The van der Waals surface area contributed by atoms with Gasteiger partial charge >= 0.3 is 0 Å². The first-order valence-corrected chi connectivity index (χ1v) is 12.8. The largest absolute Gasteiger partial charge is 0.457 e. The standard InChI is InChI=1S/C34H21N3O2/c1-2-15-32-26(12-1)29-20-28-27-13-7-17-36-34(27)37(31(28)21-33(29)39-32)23-9-6-11-25(19-23)38-24-10-5-8-22(18-24)30-14-3-4-16-35-30/h1-21H. The molecule has 0 amide bonds. The highest BCUT2D eigenvalue weighted by Gasteiger charge is 2.17. The molecule has 0 fully saturated rings. The number of furan rings is 1. The molecule has 0 unspecified atom stereocenters. The third-order valence-corrected chi connectivity index (χ3v) is 7.13. The van der Waals surface area contributed by atoms with E-state index in [1.807, 2.05) is 91.1 Å². The number of nitrogens with zero attached hydrogens (tertiary/aromatic N) is 3. The van der Waals surface area contributed by atoms with E-state index in [-0.39, 0.29) is 0 Å². The second-order valence-corrected chi connectivity index (χ2v) is 9.52. The van der Waals surface area contributed by atoms with Gasteiger partial charge in [0.2, 0.25) is 0 Å². The Morgan fingerprint density at radius 2 is 1.38 bits per heavy atom. The Morgan fingerprint density at radius 3 is 2.31 bits per heavy atom. The Hall–Kier alpha value is -5.42. The lowest BCUT2D eigenvalue weighted by Crippen LogP contribution is -1.96. The molecule has 4 aromatic heterocycles. The number of ether oxygens (including phenoxy) is 1. The van der Waals surface area contributed by atoms with Crippen LogP contribution in [0.2, 0.25) is 0 Å². The summed E-state index contributed by atoms with van der Waals surface area (Å²) < 4.78 is 14.7. The molecule has 39 heavy (non-hydrogen) atoms. The van der Waals surface area contributed by atoms with Crippen molar-refractivity contribution in [3.63, 3.8) is 0 Å². The van der Waals surface area contributed by atoms with Crippen LogP contribution >= 0.6 is 0 Å². The van der Waals surface area contributed by atoms with Crippen LogP contribution in [0.5, 0.6) is 11.5 Å². The quantitative estimate of drug-likeness (QED) is 0.241. The van der Waals surface area contributed by atoms with Crippen molar-refractivity contribution in [2.45, 2.75) is 0 Å². The molecule has 0 radical (unpaired) electrons. The average Bonchev–Trinajstić information content (AvgIpc) is 3.51. The van der Waals surface area contributed by atoms with E-state index in [4.69, 9.17) is 14.1 Å². The third kappa shape index (κ3) is 3.55. The van der Waals surface area contributed by atoms with Crippen LogP contribution in [0.3, 0.4) is 0 Å². The highest BCUT2D eigenvalue weighted by atomic mass is 16.5. The van der Waals surface area contributed by atoms with E-state index in [1.165, 1.54) is 0 Å². The van der Waals surface area contributed by atoms with E-state index in [1.54, 1.807) is 6.20 Å². The molecular weight excluding hydrogens is 482 g/mol. The van der Waals surface area contributed by atoms with E-state index in [9.17, 15) is 0 Å². The Labute approximate surface area is 223 Å². The van der Waals surface area contributed by atoms with E-state index in [0.29, 0.717) is 0 Å². The predicted molar refractivity (Wildman–Crippen MR) is 156 cm³/mol. The molecule has 8 rings (SSSR count). The molecule has 0 aliphatic carbocycles. The van der Waals surface area contributed by atoms with Crippen molar-refractivity contribution in [2.24, 2.45) is 0 Å². The van der Waals surface area contributed by atoms with Gasteiger partial charge in [-0.25, -0.2) is 4.98 Å². The molecule has 184 valence electrons. The Morgan fingerprint density at radius 1 is 0.564 bits per heavy atom. The van der Waals surface area contributed by atoms with Crippen molar-refractivity contribution in [1.29, 1.82) is 0 Å². The first-order valence-electron chi connectivity index (χ1n) is 12.8. The number of hydrogen-bond donors (Lipinski definition) is 0. The van der Waals surface area contributed by atoms with Gasteiger partial charge in [-0.3, -0.25) is 9.55 Å². The first kappa shape index (κ1) is 21.6. The van der Waals surface area contributed by atoms with Gasteiger partial charge < -0.3 is 9.15 Å². The summed E-state index contributed by atoms with van der Waals surface area (Å²) in [5.41, 5.74) is 6.53. The highest BCUT2D eigenvalue weighted by molar-refractivity contribution is 6.16. The number of fused-ring (bicyclic) bond motifs is 6. The molecule has 5 heteroatoms. The van der Waals surface area contributed by atoms with Crippen molar-refractivity contribution in [2.75, 3.05) is 0 Å². The second kappa shape index (κ2) is 8.57. The summed E-state index contributed by atoms with van der Waals surface area (Å²) in [6.07, 6.45) is 3.63. The summed E-state index contributed by atoms with van der Waals surface area (Å²) in [5, 5.41) is 4.44. The van der Waals surface area contributed by atoms with Gasteiger partial charge in [0.25, 0.3) is 0 Å². The molecule has 4 aromatic carbocycles. The predicted octanol–water partition coefficient (Wildman–Crippen LogP) is 8.93. The lowest BCUT2D eigenvalue weighted by Gasteiger charge is -2.11. The molecule has 0 saturated heterocycles. The van der Waals surface area contributed by atoms with E-state index >= 15 is 0 Å². The first-order chi connectivity index (χ1) is 19.3. The van der Waals surface area contributed by atoms with E-state index in [0.717, 1.165) is 72.3 Å². The lowest BCUT2D eigenvalue weighted by atomic mass is 10.1. The van der Waals surface area contributed by atoms with Crippen LogP contribution in [0.4, 0.5) is 0 Å². The van der Waals surface area contributed by atoms with Crippen LogP contribution in [0.15, 0.2) is 132 Å². The van der Waals surface area contributed by atoms with Crippen LogP contribution in [0, 0.1) is 0 Å². The molecule has 0 atom stereocenters. The number of aromatic nitrogens is 3. The van der Waals surface area contributed by atoms with Gasteiger partial charge in [0, 0.05) is 51.6 Å². The summed E-state index contributed by atoms with van der Waals surface area (Å²) in [5.74, 6) is 1.49. The zero-order valence-electron chi connectivity index (χ0n) is 20.8. The number of hydrogen-bond acceptors (Lipinski definition) is 4. The van der Waals surface area contributed by atoms with Crippen molar-refractivity contribution in [3.8, 4) is 28.4 Å². The van der Waals surface area contributed by atoms with Gasteiger partial charge in [0.1, 0.15) is 28.3 Å². The topological polar surface area (TPSA) is 53.1 Å². The van der Waals surface area contributed by atoms with Crippen molar-refractivity contribution < 1.29 is 9.15 Å². The second-order valence-electron chi connectivity index (χ2n) is 9.52. The van der Waals surface area contributed by atoms with Gasteiger partial charge in [-0.1, -0.05) is 42.5 Å². The molecule has 4 heterocycles. The number of para-hydroxylation sites is 1. The maximum absolute atomic E-state index is 6.33. The third-order valence-electron chi connectivity index (χ3n) is 7.13. The highest BCUT2D eigenvalue weighted by Crippen LogP contribution is 2.38. The summed E-state index contributed by atoms with van der Waals surface area (Å²) in [7, 11) is 0. The normalized spacial score (nSPS) is 11.6. The van der Waals surface area contributed by atoms with E-state index in [2.05, 4.69) is 39.9 Å². The Kier molecular flexibility index (Phi) is 4.76. The Bertz CT molecular complexity index is 2160. The molecule has 8 aromatic rings. The fraction of sp³-hybridized carbons (Fsp3) is 0. The van der Waals surface area contributed by atoms with Crippen LogP contribution in [0.1, 0.15) is 0 Å². The molecule has 0 aliphatic heterocycles. The zero-order valence-corrected chi connectivity index (χ0v) is 20.8. The van der Waals surface area contributed by atoms with Crippen molar-refractivity contribution in [3.05, 3.63) is 128 Å². The number of rotatable bonds is 4. The van der Waals surface area contributed by atoms with Crippen LogP contribution in [0.25, 0.3) is 60.8 Å². The van der Waals surface area contributed by atoms with Gasteiger partial charge in [-0.15, -0.1) is 0 Å². The van der Waals surface area contributed by atoms with Crippen LogP contribution in [-0.4, -0.2) is 14.5 Å². The Balaban J connectivity index is 1.27. The summed E-state index contributed by atoms with van der Waals surface area (Å²) in [6, 6.07) is 38.6.